The Hall–Kier alpha value is -1.65. The highest BCUT2D eigenvalue weighted by atomic mass is 16.4. The molecule has 0 radical (unpaired) electrons. The van der Waals surface area contributed by atoms with Gasteiger partial charge in [-0.25, -0.2) is 14.8 Å². The van der Waals surface area contributed by atoms with Gasteiger partial charge < -0.3 is 10.8 Å². The summed E-state index contributed by atoms with van der Waals surface area (Å²) >= 11 is 0. The lowest BCUT2D eigenvalue weighted by Gasteiger charge is -1.91. The number of hydrogen-bond acceptors (Lipinski definition) is 4. The van der Waals surface area contributed by atoms with Crippen molar-refractivity contribution in [3.05, 3.63) is 18.0 Å². The molecule has 5 heteroatoms. The van der Waals surface area contributed by atoms with Crippen LogP contribution in [0.1, 0.15) is 10.4 Å². The summed E-state index contributed by atoms with van der Waals surface area (Å²) in [6.45, 7) is 0. The fraction of sp³-hybridized carbons (Fsp3) is 0. The number of aromatic nitrogens is 2. The number of carboxylic acid groups (broad SMARTS) is 1. The summed E-state index contributed by atoms with van der Waals surface area (Å²) in [5.41, 5.74) is 5.15. The van der Waals surface area contributed by atoms with Crippen LogP contribution >= 0.6 is 0 Å². The Morgan fingerprint density at radius 3 is 2.40 bits per heavy atom. The van der Waals surface area contributed by atoms with Crippen LogP contribution in [0.25, 0.3) is 0 Å². The van der Waals surface area contributed by atoms with E-state index in [1.807, 2.05) is 0 Å². The Morgan fingerprint density at radius 1 is 1.50 bits per heavy atom. The number of rotatable bonds is 1. The number of carboxylic acids is 1. The minimum atomic E-state index is -1.06. The van der Waals surface area contributed by atoms with Gasteiger partial charge in [0.15, 0.2) is 0 Å². The van der Waals surface area contributed by atoms with Crippen molar-refractivity contribution in [3.8, 4) is 0 Å². The lowest BCUT2D eigenvalue weighted by Crippen LogP contribution is -2.00. The second-order valence-electron chi connectivity index (χ2n) is 1.64. The van der Waals surface area contributed by atoms with Gasteiger partial charge in [-0.2, -0.15) is 0 Å². The molecule has 1 aromatic rings. The Kier molecular flexibility index (Phi) is 1.49. The highest BCUT2D eigenvalue weighted by Crippen LogP contribution is 1.95. The van der Waals surface area contributed by atoms with E-state index in [2.05, 4.69) is 9.97 Å². The summed E-state index contributed by atoms with van der Waals surface area (Å²) in [6.07, 6.45) is 2.31. The molecule has 1 heterocycles. The molecule has 0 aliphatic heterocycles. The zero-order valence-corrected chi connectivity index (χ0v) is 4.98. The number of nitrogens with zero attached hydrogens (tertiary/aromatic N) is 2. The second kappa shape index (κ2) is 2.30. The van der Waals surface area contributed by atoms with E-state index in [0.717, 1.165) is 12.4 Å². The van der Waals surface area contributed by atoms with Crippen molar-refractivity contribution in [2.24, 2.45) is 0 Å². The smallest absolute Gasteiger partial charge is 0.338 e. The zero-order chi connectivity index (χ0) is 7.56. The maximum Gasteiger partial charge on any atom is 0.338 e. The summed E-state index contributed by atoms with van der Waals surface area (Å²) in [6, 6.07) is 0. The van der Waals surface area contributed by atoms with E-state index < -0.39 is 5.97 Å². The van der Waals surface area contributed by atoms with E-state index in [0.29, 0.717) is 0 Å². The fourth-order valence-corrected chi connectivity index (χ4v) is 0.448. The zero-order valence-electron chi connectivity index (χ0n) is 4.98. The van der Waals surface area contributed by atoms with Gasteiger partial charge in [0, 0.05) is 12.4 Å². The molecule has 52 valence electrons. The first kappa shape index (κ1) is 6.47. The van der Waals surface area contributed by atoms with Crippen LogP contribution in [-0.2, 0) is 0 Å². The van der Waals surface area contributed by atoms with Gasteiger partial charge in [0.1, 0.15) is 0 Å². The van der Waals surface area contributed by atoms with Crippen LogP contribution in [0.5, 0.6) is 0 Å². The molecule has 1 aromatic heterocycles. The van der Waals surface area contributed by atoms with E-state index in [-0.39, 0.29) is 11.5 Å². The summed E-state index contributed by atoms with van der Waals surface area (Å²) in [5.74, 6) is -0.981. The minimum absolute atomic E-state index is 0.0363. The number of hydrogen-bond donors (Lipinski definition) is 2. The molecule has 0 saturated carbocycles. The number of carbonyl (C=O) groups is 1. The van der Waals surface area contributed by atoms with Crippen LogP contribution in [0, 0.1) is 0 Å². The van der Waals surface area contributed by atoms with Crippen LogP contribution in [0.2, 0.25) is 0 Å². The monoisotopic (exact) mass is 139 g/mol. The first-order valence-electron chi connectivity index (χ1n) is 2.51. The van der Waals surface area contributed by atoms with Crippen molar-refractivity contribution in [1.29, 1.82) is 0 Å². The van der Waals surface area contributed by atoms with Crippen molar-refractivity contribution in [2.45, 2.75) is 0 Å². The molecular formula is C5H5N3O2. The van der Waals surface area contributed by atoms with Crippen molar-refractivity contribution in [3.63, 3.8) is 0 Å². The van der Waals surface area contributed by atoms with Gasteiger partial charge in [0.05, 0.1) is 5.56 Å². The molecule has 0 spiro atoms. The Morgan fingerprint density at radius 2 is 2.00 bits per heavy atom. The molecule has 1 rings (SSSR count). The molecule has 0 fully saturated rings. The number of anilines is 1. The van der Waals surface area contributed by atoms with Crippen LogP contribution in [0.3, 0.4) is 0 Å². The predicted molar refractivity (Wildman–Crippen MR) is 33.4 cm³/mol. The molecule has 0 unspecified atom stereocenters. The topological polar surface area (TPSA) is 89.1 Å². The fourth-order valence-electron chi connectivity index (χ4n) is 0.448. The molecule has 0 aliphatic carbocycles. The maximum atomic E-state index is 10.2. The SMILES string of the molecule is Nc1ncc(C(=O)O)cn1. The number of aromatic carboxylic acids is 1. The summed E-state index contributed by atoms with van der Waals surface area (Å²) in [4.78, 5) is 17.2. The first-order chi connectivity index (χ1) is 4.70. The van der Waals surface area contributed by atoms with Gasteiger partial charge in [0.25, 0.3) is 0 Å². The highest BCUT2D eigenvalue weighted by Gasteiger charge is 2.01. The molecule has 0 aromatic carbocycles. The van der Waals surface area contributed by atoms with Crippen LogP contribution in [0.4, 0.5) is 5.95 Å². The molecular weight excluding hydrogens is 134 g/mol. The lowest BCUT2D eigenvalue weighted by atomic mass is 10.4. The lowest BCUT2D eigenvalue weighted by molar-refractivity contribution is 0.0696. The third-order valence-electron chi connectivity index (χ3n) is 0.919. The quantitative estimate of drug-likeness (QED) is 0.560. The van der Waals surface area contributed by atoms with Crippen LogP contribution in [0.15, 0.2) is 12.4 Å². The molecule has 0 amide bonds. The Balaban J connectivity index is 3.00. The largest absolute Gasteiger partial charge is 0.478 e. The van der Waals surface area contributed by atoms with Crippen LogP contribution < -0.4 is 5.73 Å². The van der Waals surface area contributed by atoms with E-state index in [9.17, 15) is 4.79 Å². The predicted octanol–water partition coefficient (Wildman–Crippen LogP) is -0.243. The first-order valence-corrected chi connectivity index (χ1v) is 2.51. The second-order valence-corrected chi connectivity index (χ2v) is 1.64. The van der Waals surface area contributed by atoms with Gasteiger partial charge in [0.2, 0.25) is 5.95 Å². The Bertz CT molecular complexity index is 244. The van der Waals surface area contributed by atoms with Crippen LogP contribution in [-0.4, -0.2) is 21.0 Å². The number of nitrogen functional groups attached to an aromatic ring is 1. The molecule has 10 heavy (non-hydrogen) atoms. The van der Waals surface area contributed by atoms with Crippen molar-refractivity contribution in [2.75, 3.05) is 5.73 Å². The van der Waals surface area contributed by atoms with E-state index in [4.69, 9.17) is 10.8 Å². The van der Waals surface area contributed by atoms with Gasteiger partial charge in [-0.15, -0.1) is 0 Å². The van der Waals surface area contributed by atoms with E-state index in [1.54, 1.807) is 0 Å². The van der Waals surface area contributed by atoms with Crippen molar-refractivity contribution in [1.82, 2.24) is 9.97 Å². The normalized spacial score (nSPS) is 9.20. The third-order valence-corrected chi connectivity index (χ3v) is 0.919. The van der Waals surface area contributed by atoms with Gasteiger partial charge in [-0.1, -0.05) is 0 Å². The van der Waals surface area contributed by atoms with E-state index >= 15 is 0 Å². The third kappa shape index (κ3) is 1.19. The number of nitrogens with two attached hydrogens (primary N) is 1. The molecule has 0 aliphatic rings. The molecule has 3 N–H and O–H groups in total. The van der Waals surface area contributed by atoms with Crippen molar-refractivity contribution >= 4 is 11.9 Å². The van der Waals surface area contributed by atoms with Gasteiger partial charge in [-0.3, -0.25) is 0 Å². The maximum absolute atomic E-state index is 10.2. The average Bonchev–Trinajstić information content (AvgIpc) is 1.88. The molecule has 5 nitrogen and oxygen atoms in total. The van der Waals surface area contributed by atoms with Gasteiger partial charge >= 0.3 is 5.97 Å². The minimum Gasteiger partial charge on any atom is -0.478 e. The molecule has 0 saturated heterocycles. The van der Waals surface area contributed by atoms with E-state index in [1.165, 1.54) is 0 Å². The average molecular weight is 139 g/mol. The highest BCUT2D eigenvalue weighted by molar-refractivity contribution is 5.86. The summed E-state index contributed by atoms with van der Waals surface area (Å²) < 4.78 is 0. The molecule has 0 bridgehead atoms. The molecule has 0 atom stereocenters. The van der Waals surface area contributed by atoms with Crippen molar-refractivity contribution < 1.29 is 9.90 Å². The Labute approximate surface area is 56.5 Å². The van der Waals surface area contributed by atoms with Gasteiger partial charge in [-0.05, 0) is 0 Å². The summed E-state index contributed by atoms with van der Waals surface area (Å²) in [5, 5.41) is 8.35. The summed E-state index contributed by atoms with van der Waals surface area (Å²) in [7, 11) is 0. The standard InChI is InChI=1S/C5H5N3O2/c6-5-7-1-3(2-8-5)4(9)10/h1-2H,(H,9,10)(H2,6,7,8).